The molecule has 5 nitrogen and oxygen atoms in total. The number of nitrogens with one attached hydrogen (secondary N) is 1. The van der Waals surface area contributed by atoms with Crippen LogP contribution in [0.15, 0.2) is 42.9 Å². The third kappa shape index (κ3) is 2.34. The lowest BCUT2D eigenvalue weighted by atomic mass is 10.2. The van der Waals surface area contributed by atoms with Crippen molar-refractivity contribution < 1.29 is 9.59 Å². The third-order valence-corrected chi connectivity index (χ3v) is 2.35. The highest BCUT2D eigenvalue weighted by atomic mass is 35.5. The van der Waals surface area contributed by atoms with Crippen LogP contribution in [-0.4, -0.2) is 21.7 Å². The molecule has 0 saturated carbocycles. The summed E-state index contributed by atoms with van der Waals surface area (Å²) in [6.07, 6.45) is 7.71. The Labute approximate surface area is 102 Å². The van der Waals surface area contributed by atoms with Crippen LogP contribution in [0, 0.1) is 0 Å². The van der Waals surface area contributed by atoms with Gasteiger partial charge >= 0.3 is 5.91 Å². The number of pyridine rings is 1. The maximum Gasteiger partial charge on any atom is 0.319 e. The number of carbonyl (C=O) groups excluding carboxylic acids is 2. The number of carbonyl (C=O) groups is 2. The van der Waals surface area contributed by atoms with Crippen molar-refractivity contribution in [2.24, 2.45) is 0 Å². The van der Waals surface area contributed by atoms with Gasteiger partial charge < -0.3 is 0 Å². The van der Waals surface area contributed by atoms with Gasteiger partial charge in [-0.15, -0.1) is 0 Å². The fourth-order valence-corrected chi connectivity index (χ4v) is 1.45. The molecular weight excluding hydrogens is 242 g/mol. The molecule has 2 heterocycles. The highest BCUT2D eigenvalue weighted by Crippen LogP contribution is 2.13. The van der Waals surface area contributed by atoms with Gasteiger partial charge in [0.25, 0.3) is 5.78 Å². The lowest BCUT2D eigenvalue weighted by Gasteiger charge is -2.18. The number of hydrazine groups is 1. The van der Waals surface area contributed by atoms with Gasteiger partial charge in [0.1, 0.15) is 5.69 Å². The van der Waals surface area contributed by atoms with Gasteiger partial charge in [0, 0.05) is 18.6 Å². The van der Waals surface area contributed by atoms with Crippen LogP contribution in [0.1, 0.15) is 10.5 Å². The van der Waals surface area contributed by atoms with Crippen molar-refractivity contribution in [3.63, 3.8) is 0 Å². The fourth-order valence-electron chi connectivity index (χ4n) is 1.25. The largest absolute Gasteiger partial charge is 0.319 e. The average Bonchev–Trinajstić information content (AvgIpc) is 2.39. The Hall–Kier alpha value is -2.14. The Morgan fingerprint density at radius 3 is 2.82 bits per heavy atom. The predicted molar refractivity (Wildman–Crippen MR) is 61.8 cm³/mol. The van der Waals surface area contributed by atoms with E-state index in [0.717, 1.165) is 5.01 Å². The van der Waals surface area contributed by atoms with Crippen LogP contribution < -0.4 is 5.43 Å². The van der Waals surface area contributed by atoms with Crippen molar-refractivity contribution in [2.45, 2.75) is 0 Å². The highest BCUT2D eigenvalue weighted by molar-refractivity contribution is 6.46. The number of ketones is 1. The molecule has 1 aromatic heterocycles. The van der Waals surface area contributed by atoms with Crippen molar-refractivity contribution in [2.75, 3.05) is 0 Å². The van der Waals surface area contributed by atoms with Crippen molar-refractivity contribution in [1.29, 1.82) is 0 Å². The van der Waals surface area contributed by atoms with Crippen molar-refractivity contribution in [3.8, 4) is 0 Å². The van der Waals surface area contributed by atoms with Crippen LogP contribution in [0.3, 0.4) is 0 Å². The number of aromatic nitrogens is 1. The van der Waals surface area contributed by atoms with Gasteiger partial charge in [-0.2, -0.15) is 0 Å². The number of Topliss-reactive ketones (excluding diaryl/α,β-unsaturated/α-hetero) is 1. The smallest absolute Gasteiger partial charge is 0.299 e. The number of hydrogen-bond acceptors (Lipinski definition) is 4. The number of nitrogens with zero attached hydrogens (tertiary/aromatic N) is 2. The van der Waals surface area contributed by atoms with E-state index < -0.39 is 11.7 Å². The number of hydrogen-bond donors (Lipinski definition) is 1. The van der Waals surface area contributed by atoms with E-state index in [1.54, 1.807) is 18.2 Å². The SMILES string of the molecule is O=C(C(=O)N1C=CC=CN1)c1ncccc1Cl. The Bertz CT molecular complexity index is 525. The molecule has 1 aliphatic rings. The van der Waals surface area contributed by atoms with E-state index >= 15 is 0 Å². The van der Waals surface area contributed by atoms with Crippen LogP contribution in [0.5, 0.6) is 0 Å². The minimum atomic E-state index is -0.761. The molecule has 1 N–H and O–H groups in total. The molecule has 1 aromatic rings. The Kier molecular flexibility index (Phi) is 3.20. The average molecular weight is 250 g/mol. The molecule has 0 fully saturated rings. The standard InChI is InChI=1S/C11H8ClN3O2/c12-8-4-3-5-13-9(8)10(16)11(17)15-7-2-1-6-14-15/h1-7,14H. The highest BCUT2D eigenvalue weighted by Gasteiger charge is 2.24. The third-order valence-electron chi connectivity index (χ3n) is 2.04. The Morgan fingerprint density at radius 1 is 1.35 bits per heavy atom. The van der Waals surface area contributed by atoms with Crippen LogP contribution >= 0.6 is 11.6 Å². The second-order valence-corrected chi connectivity index (χ2v) is 3.58. The first-order valence-electron chi connectivity index (χ1n) is 4.78. The van der Waals surface area contributed by atoms with Crippen molar-refractivity contribution in [1.82, 2.24) is 15.4 Å². The molecule has 0 aliphatic carbocycles. The van der Waals surface area contributed by atoms with Gasteiger partial charge in [0.15, 0.2) is 0 Å². The summed E-state index contributed by atoms with van der Waals surface area (Å²) in [6.45, 7) is 0. The molecule has 0 radical (unpaired) electrons. The second-order valence-electron chi connectivity index (χ2n) is 3.17. The summed E-state index contributed by atoms with van der Waals surface area (Å²) in [5.41, 5.74) is 2.56. The number of allylic oxidation sites excluding steroid dienone is 2. The monoisotopic (exact) mass is 249 g/mol. The summed E-state index contributed by atoms with van der Waals surface area (Å²) < 4.78 is 0. The fraction of sp³-hybridized carbons (Fsp3) is 0. The zero-order valence-electron chi connectivity index (χ0n) is 8.63. The normalized spacial score (nSPS) is 13.4. The maximum absolute atomic E-state index is 11.8. The van der Waals surface area contributed by atoms with E-state index in [9.17, 15) is 9.59 Å². The van der Waals surface area contributed by atoms with Crippen molar-refractivity contribution >= 4 is 23.3 Å². The first-order chi connectivity index (χ1) is 8.20. The Balaban J connectivity index is 2.21. The lowest BCUT2D eigenvalue weighted by molar-refractivity contribution is -0.125. The topological polar surface area (TPSA) is 62.3 Å². The van der Waals surface area contributed by atoms with Gasteiger partial charge in [0.2, 0.25) is 0 Å². The molecule has 86 valence electrons. The van der Waals surface area contributed by atoms with Crippen LogP contribution in [-0.2, 0) is 4.79 Å². The molecular formula is C11H8ClN3O2. The number of halogens is 1. The van der Waals surface area contributed by atoms with E-state index in [1.165, 1.54) is 24.7 Å². The van der Waals surface area contributed by atoms with Gasteiger partial charge in [0.05, 0.1) is 5.02 Å². The molecule has 0 atom stereocenters. The van der Waals surface area contributed by atoms with Crippen molar-refractivity contribution in [3.05, 3.63) is 53.6 Å². The molecule has 0 saturated heterocycles. The zero-order valence-corrected chi connectivity index (χ0v) is 9.39. The molecule has 1 aliphatic heterocycles. The molecule has 0 aromatic carbocycles. The summed E-state index contributed by atoms with van der Waals surface area (Å²) in [5, 5.41) is 1.22. The lowest BCUT2D eigenvalue weighted by Crippen LogP contribution is -2.41. The van der Waals surface area contributed by atoms with E-state index in [2.05, 4.69) is 10.4 Å². The quantitative estimate of drug-likeness (QED) is 0.634. The van der Waals surface area contributed by atoms with Crippen LogP contribution in [0.2, 0.25) is 5.02 Å². The minimum Gasteiger partial charge on any atom is -0.299 e. The summed E-state index contributed by atoms with van der Waals surface area (Å²) in [4.78, 5) is 27.4. The van der Waals surface area contributed by atoms with Gasteiger partial charge in [-0.05, 0) is 24.3 Å². The molecule has 0 bridgehead atoms. The number of amides is 1. The molecule has 0 spiro atoms. The molecule has 0 unspecified atom stereocenters. The van der Waals surface area contributed by atoms with E-state index in [1.807, 2.05) is 0 Å². The summed E-state index contributed by atoms with van der Waals surface area (Å²) in [5.74, 6) is -1.51. The zero-order chi connectivity index (χ0) is 12.3. The summed E-state index contributed by atoms with van der Waals surface area (Å²) >= 11 is 5.80. The number of rotatable bonds is 2. The predicted octanol–water partition coefficient (Wildman–Crippen LogP) is 1.29. The molecule has 6 heteroatoms. The summed E-state index contributed by atoms with van der Waals surface area (Å²) in [7, 11) is 0. The maximum atomic E-state index is 11.8. The Morgan fingerprint density at radius 2 is 2.18 bits per heavy atom. The summed E-state index contributed by atoms with van der Waals surface area (Å²) in [6, 6.07) is 3.10. The van der Waals surface area contributed by atoms with Gasteiger partial charge in [-0.1, -0.05) is 11.6 Å². The first kappa shape index (κ1) is 11.3. The van der Waals surface area contributed by atoms with Crippen LogP contribution in [0.25, 0.3) is 0 Å². The molecule has 1 amide bonds. The van der Waals surface area contributed by atoms with E-state index in [0.29, 0.717) is 0 Å². The van der Waals surface area contributed by atoms with Crippen LogP contribution in [0.4, 0.5) is 0 Å². The van der Waals surface area contributed by atoms with Gasteiger partial charge in [-0.3, -0.25) is 20.0 Å². The minimum absolute atomic E-state index is 0.0519. The van der Waals surface area contributed by atoms with Gasteiger partial charge in [-0.25, -0.2) is 5.01 Å². The molecule has 17 heavy (non-hydrogen) atoms. The first-order valence-corrected chi connectivity index (χ1v) is 5.16. The van der Waals surface area contributed by atoms with E-state index in [-0.39, 0.29) is 10.7 Å². The van der Waals surface area contributed by atoms with E-state index in [4.69, 9.17) is 11.6 Å². The molecule has 2 rings (SSSR count). The second kappa shape index (κ2) is 4.80.